The minimum Gasteiger partial charge on any atom is -0.332 e. The molecule has 0 aliphatic rings. The third-order valence-electron chi connectivity index (χ3n) is 5.31. The van der Waals surface area contributed by atoms with Gasteiger partial charge in [-0.05, 0) is 44.0 Å². The monoisotopic (exact) mass is 431 g/mol. The van der Waals surface area contributed by atoms with Crippen LogP contribution in [0.15, 0.2) is 71.5 Å². The molecule has 5 nitrogen and oxygen atoms in total. The van der Waals surface area contributed by atoms with E-state index in [-0.39, 0.29) is 11.5 Å². The summed E-state index contributed by atoms with van der Waals surface area (Å²) in [6, 6.07) is 21.5. The summed E-state index contributed by atoms with van der Waals surface area (Å²) in [6.45, 7) is 5.43. The number of aryl methyl sites for hydroxylation is 2. The lowest BCUT2D eigenvalue weighted by Gasteiger charge is -2.23. The molecule has 0 spiro atoms. The van der Waals surface area contributed by atoms with E-state index >= 15 is 0 Å². The summed E-state index contributed by atoms with van der Waals surface area (Å²) in [5, 5.41) is 5.59. The maximum absolute atomic E-state index is 13.7. The Morgan fingerprint density at radius 1 is 1.00 bits per heavy atom. The molecular weight excluding hydrogens is 406 g/mol. The van der Waals surface area contributed by atoms with Crippen LogP contribution in [0.5, 0.6) is 0 Å². The van der Waals surface area contributed by atoms with Crippen molar-refractivity contribution in [3.8, 4) is 0 Å². The highest BCUT2D eigenvalue weighted by molar-refractivity contribution is 7.11. The van der Waals surface area contributed by atoms with Crippen molar-refractivity contribution >= 4 is 28.0 Å². The Balaban J connectivity index is 1.72. The molecule has 0 saturated carbocycles. The largest absolute Gasteiger partial charge is 0.332 e. The van der Waals surface area contributed by atoms with Gasteiger partial charge in [-0.25, -0.2) is 4.68 Å². The Morgan fingerprint density at radius 3 is 2.39 bits per heavy atom. The molecule has 4 rings (SSSR count). The second-order valence-electron chi connectivity index (χ2n) is 7.49. The maximum Gasteiger partial charge on any atom is 0.275 e. The van der Waals surface area contributed by atoms with E-state index in [1.807, 2.05) is 48.2 Å². The maximum atomic E-state index is 13.7. The average Bonchev–Trinajstić information content (AvgIpc) is 3.22. The smallest absolute Gasteiger partial charge is 0.275 e. The molecule has 0 aliphatic heterocycles. The molecule has 0 N–H and O–H groups in total. The molecule has 2 aromatic carbocycles. The molecular formula is C25H25N3O2S. The van der Waals surface area contributed by atoms with Crippen molar-refractivity contribution in [2.24, 2.45) is 0 Å². The number of fused-ring (bicyclic) bond motifs is 1. The van der Waals surface area contributed by atoms with Crippen LogP contribution in [0.4, 0.5) is 0 Å². The number of carbonyl (C=O) groups excluding carboxylic acids is 1. The van der Waals surface area contributed by atoms with Crippen LogP contribution in [0, 0.1) is 6.92 Å². The first-order valence-corrected chi connectivity index (χ1v) is 11.3. The van der Waals surface area contributed by atoms with Crippen molar-refractivity contribution < 1.29 is 4.79 Å². The van der Waals surface area contributed by atoms with Crippen LogP contribution in [0.3, 0.4) is 0 Å². The number of aromatic nitrogens is 2. The minimum atomic E-state index is -0.167. The van der Waals surface area contributed by atoms with Crippen LogP contribution in [-0.2, 0) is 19.5 Å². The van der Waals surface area contributed by atoms with Gasteiger partial charge in [0.2, 0.25) is 0 Å². The number of thiophene rings is 1. The molecule has 2 heterocycles. The van der Waals surface area contributed by atoms with Crippen molar-refractivity contribution in [1.82, 2.24) is 14.7 Å². The highest BCUT2D eigenvalue weighted by atomic mass is 32.1. The van der Waals surface area contributed by atoms with Gasteiger partial charge in [-0.2, -0.15) is 5.10 Å². The SMILES string of the molecule is CCn1nc(C(=O)N(CCc2ccccc2)Cc2ccc(C)s2)c2ccccc2c1=O. The van der Waals surface area contributed by atoms with Crippen LogP contribution in [0.25, 0.3) is 10.8 Å². The zero-order valence-corrected chi connectivity index (χ0v) is 18.6. The van der Waals surface area contributed by atoms with E-state index < -0.39 is 0 Å². The Bertz CT molecular complexity index is 1260. The lowest BCUT2D eigenvalue weighted by Crippen LogP contribution is -2.35. The van der Waals surface area contributed by atoms with Gasteiger partial charge in [0.25, 0.3) is 11.5 Å². The van der Waals surface area contributed by atoms with Crippen molar-refractivity contribution in [2.45, 2.75) is 33.4 Å². The molecule has 0 aliphatic carbocycles. The standard InChI is InChI=1S/C25H25N3O2S/c1-3-28-24(29)22-12-8-7-11-21(22)23(26-28)25(30)27(17-20-14-13-18(2)31-20)16-15-19-9-5-4-6-10-19/h4-14H,3,15-17H2,1-2H3. The van der Waals surface area contributed by atoms with Crippen LogP contribution >= 0.6 is 11.3 Å². The number of carbonyl (C=O) groups is 1. The van der Waals surface area contributed by atoms with Gasteiger partial charge >= 0.3 is 0 Å². The fourth-order valence-corrected chi connectivity index (χ4v) is 4.58. The van der Waals surface area contributed by atoms with Crippen molar-refractivity contribution in [1.29, 1.82) is 0 Å². The van der Waals surface area contributed by atoms with Gasteiger partial charge in [-0.3, -0.25) is 9.59 Å². The van der Waals surface area contributed by atoms with Gasteiger partial charge in [0.1, 0.15) is 0 Å². The third kappa shape index (κ3) is 4.59. The molecule has 0 saturated heterocycles. The van der Waals surface area contributed by atoms with E-state index in [0.717, 1.165) is 11.3 Å². The number of hydrogen-bond donors (Lipinski definition) is 0. The number of rotatable bonds is 7. The average molecular weight is 432 g/mol. The van der Waals surface area contributed by atoms with Crippen molar-refractivity contribution in [3.63, 3.8) is 0 Å². The van der Waals surface area contributed by atoms with Gasteiger partial charge in [-0.1, -0.05) is 48.5 Å². The summed E-state index contributed by atoms with van der Waals surface area (Å²) in [4.78, 5) is 30.6. The van der Waals surface area contributed by atoms with Gasteiger partial charge < -0.3 is 4.90 Å². The zero-order chi connectivity index (χ0) is 21.8. The van der Waals surface area contributed by atoms with E-state index in [2.05, 4.69) is 36.3 Å². The van der Waals surface area contributed by atoms with Gasteiger partial charge in [-0.15, -0.1) is 11.3 Å². The summed E-state index contributed by atoms with van der Waals surface area (Å²) in [6.07, 6.45) is 0.752. The zero-order valence-electron chi connectivity index (χ0n) is 17.7. The predicted molar refractivity (Wildman–Crippen MR) is 126 cm³/mol. The molecule has 6 heteroatoms. The molecule has 0 fully saturated rings. The van der Waals surface area contributed by atoms with E-state index in [1.54, 1.807) is 17.4 Å². The summed E-state index contributed by atoms with van der Waals surface area (Å²) in [5.41, 5.74) is 1.34. The van der Waals surface area contributed by atoms with E-state index in [9.17, 15) is 9.59 Å². The number of benzene rings is 2. The van der Waals surface area contributed by atoms with Gasteiger partial charge in [0.15, 0.2) is 5.69 Å². The minimum absolute atomic E-state index is 0.152. The molecule has 31 heavy (non-hydrogen) atoms. The van der Waals surface area contributed by atoms with Crippen LogP contribution in [-0.4, -0.2) is 27.1 Å². The highest BCUT2D eigenvalue weighted by Crippen LogP contribution is 2.21. The molecule has 4 aromatic rings. The van der Waals surface area contributed by atoms with Gasteiger partial charge in [0, 0.05) is 28.2 Å². The molecule has 0 unspecified atom stereocenters. The first kappa shape index (κ1) is 21.0. The normalized spacial score (nSPS) is 11.0. The number of amides is 1. The molecule has 0 radical (unpaired) electrons. The van der Waals surface area contributed by atoms with E-state index in [4.69, 9.17) is 0 Å². The summed E-state index contributed by atoms with van der Waals surface area (Å²) in [5.74, 6) is -0.152. The Hall–Kier alpha value is -3.25. The second kappa shape index (κ2) is 9.27. The Morgan fingerprint density at radius 2 is 1.71 bits per heavy atom. The first-order valence-electron chi connectivity index (χ1n) is 10.4. The van der Waals surface area contributed by atoms with Crippen molar-refractivity contribution in [2.75, 3.05) is 6.54 Å². The summed E-state index contributed by atoms with van der Waals surface area (Å²) >= 11 is 1.69. The fraction of sp³-hybridized carbons (Fsp3) is 0.240. The van der Waals surface area contributed by atoms with Crippen LogP contribution in [0.1, 0.15) is 32.7 Å². The van der Waals surface area contributed by atoms with Gasteiger partial charge in [0.05, 0.1) is 11.9 Å². The predicted octanol–water partition coefficient (Wildman–Crippen LogP) is 4.67. The second-order valence-corrected chi connectivity index (χ2v) is 8.86. The fourth-order valence-electron chi connectivity index (χ4n) is 3.68. The number of nitrogens with zero attached hydrogens (tertiary/aromatic N) is 3. The molecule has 1 amide bonds. The lowest BCUT2D eigenvalue weighted by molar-refractivity contribution is 0.0740. The molecule has 0 atom stereocenters. The van der Waals surface area contributed by atoms with Crippen LogP contribution < -0.4 is 5.56 Å². The Kier molecular flexibility index (Phi) is 6.28. The van der Waals surface area contributed by atoms with Crippen molar-refractivity contribution in [3.05, 3.63) is 98.1 Å². The Labute approximate surface area is 185 Å². The topological polar surface area (TPSA) is 55.2 Å². The molecule has 158 valence electrons. The van der Waals surface area contributed by atoms with Crippen LogP contribution in [0.2, 0.25) is 0 Å². The third-order valence-corrected chi connectivity index (χ3v) is 6.30. The number of hydrogen-bond acceptors (Lipinski definition) is 4. The highest BCUT2D eigenvalue weighted by Gasteiger charge is 2.22. The summed E-state index contributed by atoms with van der Waals surface area (Å²) < 4.78 is 1.38. The quantitative estimate of drug-likeness (QED) is 0.427. The molecule has 2 aromatic heterocycles. The summed E-state index contributed by atoms with van der Waals surface area (Å²) in [7, 11) is 0. The van der Waals surface area contributed by atoms with E-state index in [0.29, 0.717) is 36.1 Å². The lowest BCUT2D eigenvalue weighted by atomic mass is 10.1. The van der Waals surface area contributed by atoms with E-state index in [1.165, 1.54) is 15.1 Å². The molecule has 0 bridgehead atoms. The first-order chi connectivity index (χ1) is 15.1.